The maximum atomic E-state index is 10.4. The summed E-state index contributed by atoms with van der Waals surface area (Å²) in [5.41, 5.74) is 5.00. The summed E-state index contributed by atoms with van der Waals surface area (Å²) in [6.07, 6.45) is 3.77. The molecular formula is C7H13NO2. The molecular weight excluding hydrogens is 130 g/mol. The van der Waals surface area contributed by atoms with E-state index in [0.717, 1.165) is 25.9 Å². The highest BCUT2D eigenvalue weighted by molar-refractivity contribution is 5.74. The number of rotatable bonds is 2. The van der Waals surface area contributed by atoms with E-state index in [1.54, 1.807) is 0 Å². The normalized spacial score (nSPS) is 26.2. The minimum absolute atomic E-state index is 0.103. The lowest BCUT2D eigenvalue weighted by atomic mass is 10.1. The number of hydrogen-bond acceptors (Lipinski definition) is 2. The van der Waals surface area contributed by atoms with Crippen LogP contribution in [0.15, 0.2) is 0 Å². The van der Waals surface area contributed by atoms with Crippen LogP contribution in [0.1, 0.15) is 25.7 Å². The Morgan fingerprint density at radius 3 is 2.90 bits per heavy atom. The second kappa shape index (κ2) is 3.56. The van der Waals surface area contributed by atoms with Gasteiger partial charge in [0.25, 0.3) is 0 Å². The van der Waals surface area contributed by atoms with Gasteiger partial charge in [0, 0.05) is 6.61 Å². The molecule has 0 aliphatic carbocycles. The van der Waals surface area contributed by atoms with Gasteiger partial charge in [0.2, 0.25) is 5.91 Å². The molecule has 0 radical (unpaired) electrons. The van der Waals surface area contributed by atoms with E-state index in [1.807, 2.05) is 0 Å². The Bertz CT molecular complexity index is 119. The molecule has 1 fully saturated rings. The van der Waals surface area contributed by atoms with Gasteiger partial charge < -0.3 is 10.5 Å². The maximum absolute atomic E-state index is 10.4. The van der Waals surface area contributed by atoms with Crippen LogP contribution in [0.2, 0.25) is 0 Å². The minimum Gasteiger partial charge on any atom is -0.378 e. The molecule has 0 aromatic rings. The van der Waals surface area contributed by atoms with Crippen LogP contribution in [0.4, 0.5) is 0 Å². The van der Waals surface area contributed by atoms with E-state index in [0.29, 0.717) is 6.42 Å². The number of hydrogen-bond donors (Lipinski definition) is 1. The number of ether oxygens (including phenoxy) is 1. The zero-order valence-electron chi connectivity index (χ0n) is 6.01. The highest BCUT2D eigenvalue weighted by Crippen LogP contribution is 2.14. The van der Waals surface area contributed by atoms with Crippen molar-refractivity contribution in [3.63, 3.8) is 0 Å². The van der Waals surface area contributed by atoms with Crippen molar-refractivity contribution in [1.29, 1.82) is 0 Å². The molecule has 1 aliphatic heterocycles. The first kappa shape index (κ1) is 7.54. The van der Waals surface area contributed by atoms with Crippen LogP contribution in [-0.2, 0) is 9.53 Å². The second-order valence-corrected chi connectivity index (χ2v) is 2.66. The third kappa shape index (κ3) is 2.35. The lowest BCUT2D eigenvalue weighted by Crippen LogP contribution is -2.25. The molecule has 1 unspecified atom stereocenters. The fraction of sp³-hybridized carbons (Fsp3) is 0.857. The molecule has 0 saturated carbocycles. The van der Waals surface area contributed by atoms with Crippen molar-refractivity contribution < 1.29 is 9.53 Å². The van der Waals surface area contributed by atoms with Gasteiger partial charge in [-0.05, 0) is 19.3 Å². The zero-order valence-corrected chi connectivity index (χ0v) is 6.01. The number of nitrogens with two attached hydrogens (primary N) is 1. The summed E-state index contributed by atoms with van der Waals surface area (Å²) in [7, 11) is 0. The van der Waals surface area contributed by atoms with Crippen molar-refractivity contribution in [1.82, 2.24) is 0 Å². The SMILES string of the molecule is NC(=O)CC1CCCCO1. The van der Waals surface area contributed by atoms with Gasteiger partial charge in [-0.2, -0.15) is 0 Å². The molecule has 1 heterocycles. The van der Waals surface area contributed by atoms with E-state index in [-0.39, 0.29) is 12.0 Å². The van der Waals surface area contributed by atoms with E-state index >= 15 is 0 Å². The highest BCUT2D eigenvalue weighted by atomic mass is 16.5. The molecule has 0 aromatic heterocycles. The first-order chi connectivity index (χ1) is 4.79. The Morgan fingerprint density at radius 1 is 1.60 bits per heavy atom. The Balaban J connectivity index is 2.19. The summed E-state index contributed by atoms with van der Waals surface area (Å²) < 4.78 is 5.29. The van der Waals surface area contributed by atoms with Crippen LogP contribution < -0.4 is 5.73 Å². The molecule has 1 saturated heterocycles. The van der Waals surface area contributed by atoms with E-state index in [4.69, 9.17) is 10.5 Å². The fourth-order valence-electron chi connectivity index (χ4n) is 1.19. The van der Waals surface area contributed by atoms with Crippen molar-refractivity contribution in [3.8, 4) is 0 Å². The Labute approximate surface area is 60.5 Å². The third-order valence-corrected chi connectivity index (χ3v) is 1.70. The van der Waals surface area contributed by atoms with Gasteiger partial charge in [0.15, 0.2) is 0 Å². The molecule has 0 aromatic carbocycles. The molecule has 3 heteroatoms. The molecule has 0 spiro atoms. The standard InChI is InChI=1S/C7H13NO2/c8-7(9)5-6-3-1-2-4-10-6/h6H,1-5H2,(H2,8,9). The van der Waals surface area contributed by atoms with Crippen LogP contribution in [0.3, 0.4) is 0 Å². The summed E-state index contributed by atoms with van der Waals surface area (Å²) in [6, 6.07) is 0. The van der Waals surface area contributed by atoms with Gasteiger partial charge in [-0.3, -0.25) is 4.79 Å². The topological polar surface area (TPSA) is 52.3 Å². The second-order valence-electron chi connectivity index (χ2n) is 2.66. The van der Waals surface area contributed by atoms with Crippen LogP contribution in [0.25, 0.3) is 0 Å². The molecule has 2 N–H and O–H groups in total. The molecule has 1 amide bonds. The van der Waals surface area contributed by atoms with Crippen molar-refractivity contribution in [2.75, 3.05) is 6.61 Å². The van der Waals surface area contributed by atoms with Gasteiger partial charge in [-0.15, -0.1) is 0 Å². The smallest absolute Gasteiger partial charge is 0.220 e. The van der Waals surface area contributed by atoms with Crippen LogP contribution >= 0.6 is 0 Å². The number of carbonyl (C=O) groups is 1. The van der Waals surface area contributed by atoms with Crippen molar-refractivity contribution in [2.45, 2.75) is 31.8 Å². The van der Waals surface area contributed by atoms with E-state index in [9.17, 15) is 4.79 Å². The Kier molecular flexibility index (Phi) is 2.68. The number of carbonyl (C=O) groups excluding carboxylic acids is 1. The van der Waals surface area contributed by atoms with E-state index in [1.165, 1.54) is 0 Å². The lowest BCUT2D eigenvalue weighted by Gasteiger charge is -2.20. The van der Waals surface area contributed by atoms with Crippen molar-refractivity contribution in [3.05, 3.63) is 0 Å². The first-order valence-electron chi connectivity index (χ1n) is 3.69. The van der Waals surface area contributed by atoms with Gasteiger partial charge in [0.1, 0.15) is 0 Å². The van der Waals surface area contributed by atoms with Gasteiger partial charge in [-0.25, -0.2) is 0 Å². The molecule has 3 nitrogen and oxygen atoms in total. The average Bonchev–Trinajstić information content (AvgIpc) is 1.88. The van der Waals surface area contributed by atoms with E-state index in [2.05, 4.69) is 0 Å². The Morgan fingerprint density at radius 2 is 2.40 bits per heavy atom. The van der Waals surface area contributed by atoms with Crippen LogP contribution in [0.5, 0.6) is 0 Å². The molecule has 1 aliphatic rings. The average molecular weight is 143 g/mol. The quantitative estimate of drug-likeness (QED) is 0.609. The highest BCUT2D eigenvalue weighted by Gasteiger charge is 2.15. The maximum Gasteiger partial charge on any atom is 0.220 e. The Hall–Kier alpha value is -0.570. The predicted molar refractivity (Wildman–Crippen MR) is 37.4 cm³/mol. The van der Waals surface area contributed by atoms with Gasteiger partial charge >= 0.3 is 0 Å². The third-order valence-electron chi connectivity index (χ3n) is 1.70. The monoisotopic (exact) mass is 143 g/mol. The molecule has 0 bridgehead atoms. The summed E-state index contributed by atoms with van der Waals surface area (Å²) in [6.45, 7) is 0.790. The lowest BCUT2D eigenvalue weighted by molar-refractivity contribution is -0.121. The van der Waals surface area contributed by atoms with Crippen molar-refractivity contribution in [2.24, 2.45) is 5.73 Å². The molecule has 1 atom stereocenters. The summed E-state index contributed by atoms with van der Waals surface area (Å²) in [5, 5.41) is 0. The number of primary amides is 1. The fourth-order valence-corrected chi connectivity index (χ4v) is 1.19. The van der Waals surface area contributed by atoms with Crippen molar-refractivity contribution >= 4 is 5.91 Å². The van der Waals surface area contributed by atoms with E-state index < -0.39 is 0 Å². The summed E-state index contributed by atoms with van der Waals surface area (Å²) >= 11 is 0. The van der Waals surface area contributed by atoms with Crippen LogP contribution in [-0.4, -0.2) is 18.6 Å². The minimum atomic E-state index is -0.257. The molecule has 1 rings (SSSR count). The molecule has 10 heavy (non-hydrogen) atoms. The largest absolute Gasteiger partial charge is 0.378 e. The summed E-state index contributed by atoms with van der Waals surface area (Å²) in [5.74, 6) is -0.257. The summed E-state index contributed by atoms with van der Waals surface area (Å²) in [4.78, 5) is 10.4. The first-order valence-corrected chi connectivity index (χ1v) is 3.69. The number of amides is 1. The van der Waals surface area contributed by atoms with Gasteiger partial charge in [0.05, 0.1) is 12.5 Å². The zero-order chi connectivity index (χ0) is 7.40. The van der Waals surface area contributed by atoms with Crippen LogP contribution in [0, 0.1) is 0 Å². The molecule has 58 valence electrons. The van der Waals surface area contributed by atoms with Gasteiger partial charge in [-0.1, -0.05) is 0 Å². The predicted octanol–water partition coefficient (Wildman–Crippen LogP) is 0.431.